The maximum atomic E-state index is 14.2. The lowest BCUT2D eigenvalue weighted by Gasteiger charge is -2.35. The lowest BCUT2D eigenvalue weighted by molar-refractivity contribution is -0.138. The fraction of sp³-hybridized carbons (Fsp3) is 0.414. The molecule has 0 spiro atoms. The smallest absolute Gasteiger partial charge is 0.233 e. The number of pyridine rings is 1. The average molecular weight is 456 g/mol. The van der Waals surface area contributed by atoms with Crippen LogP contribution in [-0.2, 0) is 21.4 Å². The second-order valence-corrected chi connectivity index (χ2v) is 9.96. The highest BCUT2D eigenvalue weighted by molar-refractivity contribution is 5.89. The summed E-state index contributed by atoms with van der Waals surface area (Å²) in [6, 6.07) is 18.6. The van der Waals surface area contributed by atoms with E-state index in [1.165, 1.54) is 10.9 Å². The summed E-state index contributed by atoms with van der Waals surface area (Å²) in [4.78, 5) is 35.0. The number of carbonyl (C=O) groups is 2. The van der Waals surface area contributed by atoms with Gasteiger partial charge in [0.25, 0.3) is 0 Å². The van der Waals surface area contributed by atoms with E-state index in [2.05, 4.69) is 40.2 Å². The van der Waals surface area contributed by atoms with Crippen molar-refractivity contribution in [2.75, 3.05) is 26.2 Å². The van der Waals surface area contributed by atoms with Gasteiger partial charge in [-0.1, -0.05) is 67.4 Å². The van der Waals surface area contributed by atoms with Crippen LogP contribution >= 0.6 is 0 Å². The molecule has 0 bridgehead atoms. The fourth-order valence-electron chi connectivity index (χ4n) is 6.02. The molecule has 3 aromatic rings. The molecule has 1 saturated carbocycles. The van der Waals surface area contributed by atoms with Crippen LogP contribution in [0.5, 0.6) is 0 Å². The minimum Gasteiger partial charge on any atom is -0.341 e. The number of fused-ring (bicyclic) bond motifs is 1. The topological polar surface area (TPSA) is 53.5 Å². The summed E-state index contributed by atoms with van der Waals surface area (Å²) in [5.41, 5.74) is 1.89. The first-order valence-corrected chi connectivity index (χ1v) is 12.5. The Morgan fingerprint density at radius 2 is 1.59 bits per heavy atom. The SMILES string of the molecule is CC(=O)N1CCN(C(=O)C2(c3ccccc3)CCCC2)C[C@H](Cc2cncc3ccccc23)C1. The Labute approximate surface area is 201 Å². The van der Waals surface area contributed by atoms with Crippen LogP contribution < -0.4 is 0 Å². The summed E-state index contributed by atoms with van der Waals surface area (Å²) < 4.78 is 0. The molecule has 0 radical (unpaired) electrons. The van der Waals surface area contributed by atoms with Gasteiger partial charge < -0.3 is 9.80 Å². The Morgan fingerprint density at radius 3 is 2.35 bits per heavy atom. The first kappa shape index (κ1) is 22.6. The van der Waals surface area contributed by atoms with Crippen molar-refractivity contribution in [3.8, 4) is 0 Å². The highest BCUT2D eigenvalue weighted by Crippen LogP contribution is 2.43. The van der Waals surface area contributed by atoms with Gasteiger partial charge in [-0.05, 0) is 41.7 Å². The number of benzene rings is 2. The standard InChI is InChI=1S/C29H33N3O2/c1-22(33)31-15-16-32(28(34)29(13-7-8-14-29)26-10-3-2-4-11-26)21-23(20-31)17-25-19-30-18-24-9-5-6-12-27(24)25/h2-6,9-12,18-19,23H,7-8,13-17,20-21H2,1H3/t23-/m1/s1. The molecule has 1 saturated heterocycles. The van der Waals surface area contributed by atoms with Crippen molar-refractivity contribution < 1.29 is 9.59 Å². The molecular weight excluding hydrogens is 422 g/mol. The zero-order chi connectivity index (χ0) is 23.5. The highest BCUT2D eigenvalue weighted by Gasteiger charge is 2.45. The van der Waals surface area contributed by atoms with Crippen molar-refractivity contribution >= 4 is 22.6 Å². The zero-order valence-electron chi connectivity index (χ0n) is 20.0. The van der Waals surface area contributed by atoms with Gasteiger partial charge in [0.05, 0.1) is 5.41 Å². The number of carbonyl (C=O) groups excluding carboxylic acids is 2. The Balaban J connectivity index is 1.45. The quantitative estimate of drug-likeness (QED) is 0.578. The van der Waals surface area contributed by atoms with Gasteiger partial charge in [-0.2, -0.15) is 0 Å². The van der Waals surface area contributed by atoms with Gasteiger partial charge in [0.15, 0.2) is 0 Å². The molecule has 1 aliphatic carbocycles. The van der Waals surface area contributed by atoms with Crippen LogP contribution in [0, 0.1) is 5.92 Å². The third-order valence-corrected chi connectivity index (χ3v) is 7.78. The predicted octanol–water partition coefficient (Wildman–Crippen LogP) is 4.60. The van der Waals surface area contributed by atoms with Crippen molar-refractivity contribution in [1.82, 2.24) is 14.8 Å². The Bertz CT molecular complexity index is 1160. The highest BCUT2D eigenvalue weighted by atomic mass is 16.2. The monoisotopic (exact) mass is 455 g/mol. The van der Waals surface area contributed by atoms with E-state index in [1.807, 2.05) is 41.6 Å². The number of nitrogens with zero attached hydrogens (tertiary/aromatic N) is 3. The average Bonchev–Trinajstić information content (AvgIpc) is 3.27. The number of hydrogen-bond donors (Lipinski definition) is 0. The molecule has 2 fully saturated rings. The molecule has 5 nitrogen and oxygen atoms in total. The van der Waals surface area contributed by atoms with Gasteiger partial charge in [-0.15, -0.1) is 0 Å². The fourth-order valence-corrected chi connectivity index (χ4v) is 6.02. The van der Waals surface area contributed by atoms with Gasteiger partial charge >= 0.3 is 0 Å². The van der Waals surface area contributed by atoms with E-state index in [9.17, 15) is 9.59 Å². The number of hydrogen-bond acceptors (Lipinski definition) is 3. The normalized spacial score (nSPS) is 20.3. The molecule has 2 aliphatic rings. The van der Waals surface area contributed by atoms with Crippen molar-refractivity contribution in [3.63, 3.8) is 0 Å². The summed E-state index contributed by atoms with van der Waals surface area (Å²) in [7, 11) is 0. The molecule has 2 aromatic carbocycles. The second-order valence-electron chi connectivity index (χ2n) is 9.96. The number of amides is 2. The Kier molecular flexibility index (Phi) is 6.36. The Morgan fingerprint density at radius 1 is 0.912 bits per heavy atom. The molecule has 1 aromatic heterocycles. The molecule has 176 valence electrons. The van der Waals surface area contributed by atoms with Crippen molar-refractivity contribution in [2.24, 2.45) is 5.92 Å². The summed E-state index contributed by atoms with van der Waals surface area (Å²) in [5.74, 6) is 0.480. The van der Waals surface area contributed by atoms with Gasteiger partial charge in [0.1, 0.15) is 0 Å². The Hall–Kier alpha value is -3.21. The van der Waals surface area contributed by atoms with E-state index < -0.39 is 5.41 Å². The van der Waals surface area contributed by atoms with Gasteiger partial charge in [0, 0.05) is 50.9 Å². The molecule has 5 rings (SSSR count). The predicted molar refractivity (Wildman–Crippen MR) is 134 cm³/mol. The van der Waals surface area contributed by atoms with Crippen LogP contribution in [0.4, 0.5) is 0 Å². The zero-order valence-corrected chi connectivity index (χ0v) is 20.0. The largest absolute Gasteiger partial charge is 0.341 e. The van der Waals surface area contributed by atoms with E-state index in [4.69, 9.17) is 0 Å². The molecule has 0 unspecified atom stereocenters. The summed E-state index contributed by atoms with van der Waals surface area (Å²) in [5, 5.41) is 2.32. The van der Waals surface area contributed by atoms with E-state index in [1.54, 1.807) is 6.92 Å². The lowest BCUT2D eigenvalue weighted by Crippen LogP contribution is -2.48. The van der Waals surface area contributed by atoms with Gasteiger partial charge in [0.2, 0.25) is 11.8 Å². The third kappa shape index (κ3) is 4.31. The molecule has 2 heterocycles. The van der Waals surface area contributed by atoms with Crippen LogP contribution in [0.3, 0.4) is 0 Å². The molecule has 34 heavy (non-hydrogen) atoms. The number of rotatable bonds is 4. The van der Waals surface area contributed by atoms with Crippen LogP contribution in [-0.4, -0.2) is 52.8 Å². The van der Waals surface area contributed by atoms with E-state index in [-0.39, 0.29) is 17.7 Å². The minimum atomic E-state index is -0.432. The second kappa shape index (κ2) is 9.57. The maximum absolute atomic E-state index is 14.2. The van der Waals surface area contributed by atoms with E-state index in [0.717, 1.165) is 43.1 Å². The number of aromatic nitrogens is 1. The van der Waals surface area contributed by atoms with Crippen molar-refractivity contribution in [3.05, 3.63) is 78.1 Å². The van der Waals surface area contributed by atoms with Crippen molar-refractivity contribution in [2.45, 2.75) is 44.4 Å². The van der Waals surface area contributed by atoms with E-state index in [0.29, 0.717) is 26.2 Å². The maximum Gasteiger partial charge on any atom is 0.233 e. The molecule has 1 aliphatic heterocycles. The minimum absolute atomic E-state index is 0.0778. The van der Waals surface area contributed by atoms with Gasteiger partial charge in [-0.25, -0.2) is 0 Å². The van der Waals surface area contributed by atoms with Gasteiger partial charge in [-0.3, -0.25) is 14.6 Å². The molecule has 5 heteroatoms. The van der Waals surface area contributed by atoms with E-state index >= 15 is 0 Å². The first-order valence-electron chi connectivity index (χ1n) is 12.5. The molecular formula is C29H33N3O2. The van der Waals surface area contributed by atoms with Crippen LogP contribution in [0.2, 0.25) is 0 Å². The van der Waals surface area contributed by atoms with Crippen LogP contribution in [0.25, 0.3) is 10.8 Å². The summed E-state index contributed by atoms with van der Waals surface area (Å²) >= 11 is 0. The summed E-state index contributed by atoms with van der Waals surface area (Å²) in [6.07, 6.45) is 8.60. The molecule has 2 amide bonds. The van der Waals surface area contributed by atoms with Crippen LogP contribution in [0.15, 0.2) is 67.0 Å². The lowest BCUT2D eigenvalue weighted by atomic mass is 9.77. The van der Waals surface area contributed by atoms with Crippen LogP contribution in [0.1, 0.15) is 43.7 Å². The molecule has 1 atom stereocenters. The molecule has 0 N–H and O–H groups in total. The summed E-state index contributed by atoms with van der Waals surface area (Å²) in [6.45, 7) is 4.16. The third-order valence-electron chi connectivity index (χ3n) is 7.78. The van der Waals surface area contributed by atoms with Crippen molar-refractivity contribution in [1.29, 1.82) is 0 Å². The first-order chi connectivity index (χ1) is 16.6.